The lowest BCUT2D eigenvalue weighted by Crippen LogP contribution is -2.40. The van der Waals surface area contributed by atoms with Crippen LogP contribution in [0.25, 0.3) is 0 Å². The van der Waals surface area contributed by atoms with Crippen LogP contribution >= 0.6 is 11.3 Å². The summed E-state index contributed by atoms with van der Waals surface area (Å²) in [6.07, 6.45) is 2.40. The molecule has 1 aliphatic heterocycles. The molecule has 2 rings (SSSR count). The smallest absolute Gasteiger partial charge is 0.347 e. The highest BCUT2D eigenvalue weighted by atomic mass is 32.2. The molecule has 7 heteroatoms. The van der Waals surface area contributed by atoms with Crippen molar-refractivity contribution in [3.63, 3.8) is 0 Å². The van der Waals surface area contributed by atoms with E-state index in [4.69, 9.17) is 0 Å². The van der Waals surface area contributed by atoms with Crippen LogP contribution in [0.2, 0.25) is 0 Å². The Labute approximate surface area is 123 Å². The third-order valence-corrected chi connectivity index (χ3v) is 7.30. The highest BCUT2D eigenvalue weighted by Crippen LogP contribution is 2.36. The average Bonchev–Trinajstić information content (AvgIpc) is 2.92. The quantitative estimate of drug-likeness (QED) is 0.926. The van der Waals surface area contributed by atoms with Gasteiger partial charge in [-0.25, -0.2) is 13.2 Å². The second-order valence-electron chi connectivity index (χ2n) is 5.21. The molecule has 1 aliphatic rings. The zero-order valence-corrected chi connectivity index (χ0v) is 13.4. The molecule has 2 atom stereocenters. The first-order valence-electron chi connectivity index (χ1n) is 6.65. The number of carboxylic acid groups (broad SMARTS) is 1. The number of aryl methyl sites for hydroxylation is 1. The Morgan fingerprint density at radius 3 is 2.70 bits per heavy atom. The topological polar surface area (TPSA) is 74.7 Å². The summed E-state index contributed by atoms with van der Waals surface area (Å²) >= 11 is 0.975. The van der Waals surface area contributed by atoms with Crippen LogP contribution < -0.4 is 0 Å². The summed E-state index contributed by atoms with van der Waals surface area (Å²) in [7, 11) is -3.75. The van der Waals surface area contributed by atoms with Crippen molar-refractivity contribution in [3.05, 3.63) is 15.8 Å². The maximum Gasteiger partial charge on any atom is 0.347 e. The molecular formula is C13H19NO4S2. The van der Waals surface area contributed by atoms with Crippen molar-refractivity contribution in [2.24, 2.45) is 0 Å². The van der Waals surface area contributed by atoms with E-state index in [1.54, 1.807) is 12.3 Å². The van der Waals surface area contributed by atoms with E-state index in [0.717, 1.165) is 30.6 Å². The van der Waals surface area contributed by atoms with Crippen molar-refractivity contribution in [1.29, 1.82) is 0 Å². The first-order valence-corrected chi connectivity index (χ1v) is 8.97. The van der Waals surface area contributed by atoms with E-state index in [-0.39, 0.29) is 21.9 Å². The molecule has 0 bridgehead atoms. The van der Waals surface area contributed by atoms with E-state index in [2.05, 4.69) is 0 Å². The van der Waals surface area contributed by atoms with E-state index >= 15 is 0 Å². The summed E-state index contributed by atoms with van der Waals surface area (Å²) in [5.41, 5.74) is 0.515. The van der Waals surface area contributed by atoms with Gasteiger partial charge in [-0.15, -0.1) is 11.3 Å². The van der Waals surface area contributed by atoms with Crippen LogP contribution in [0.4, 0.5) is 0 Å². The van der Waals surface area contributed by atoms with E-state index in [0.29, 0.717) is 5.56 Å². The number of rotatable bonds is 4. The van der Waals surface area contributed by atoms with Crippen LogP contribution in [0.1, 0.15) is 48.3 Å². The van der Waals surface area contributed by atoms with Crippen molar-refractivity contribution < 1.29 is 18.3 Å². The number of carbonyl (C=O) groups is 1. The zero-order valence-electron chi connectivity index (χ0n) is 11.8. The fourth-order valence-electron chi connectivity index (χ4n) is 2.87. The summed E-state index contributed by atoms with van der Waals surface area (Å²) in [4.78, 5) is 11.1. The lowest BCUT2D eigenvalue weighted by molar-refractivity contribution is 0.0698. The number of hydrogen-bond acceptors (Lipinski definition) is 4. The predicted octanol–water partition coefficient (Wildman–Crippen LogP) is 2.71. The normalized spacial score (nSPS) is 24.1. The Kier molecular flexibility index (Phi) is 4.22. The van der Waals surface area contributed by atoms with E-state index in [1.165, 1.54) is 4.31 Å². The second-order valence-corrected chi connectivity index (χ2v) is 7.87. The van der Waals surface area contributed by atoms with Crippen LogP contribution in [0, 0.1) is 6.92 Å². The van der Waals surface area contributed by atoms with Gasteiger partial charge >= 0.3 is 5.97 Å². The minimum Gasteiger partial charge on any atom is -0.477 e. The molecule has 0 spiro atoms. The zero-order chi connectivity index (χ0) is 15.1. The van der Waals surface area contributed by atoms with Crippen LogP contribution in [0.15, 0.2) is 10.3 Å². The maximum atomic E-state index is 12.9. The highest BCUT2D eigenvalue weighted by Gasteiger charge is 2.41. The van der Waals surface area contributed by atoms with Gasteiger partial charge in [-0.05, 0) is 44.1 Å². The van der Waals surface area contributed by atoms with E-state index in [9.17, 15) is 18.3 Å². The molecule has 20 heavy (non-hydrogen) atoms. The Morgan fingerprint density at radius 1 is 1.50 bits per heavy atom. The molecule has 1 aromatic heterocycles. The number of sulfonamides is 1. The van der Waals surface area contributed by atoms with Gasteiger partial charge in [0.05, 0.1) is 0 Å². The predicted molar refractivity (Wildman–Crippen MR) is 77.8 cm³/mol. The van der Waals surface area contributed by atoms with Gasteiger partial charge in [0.25, 0.3) is 0 Å². The standard InChI is InChI=1S/C13H19NO4S2/c1-4-10-6-5-9(3)14(10)20(17,18)12-8(2)7-19-11(12)13(15)16/h7,9-10H,4-6H2,1-3H3,(H,15,16). The van der Waals surface area contributed by atoms with Crippen LogP contribution in [0.3, 0.4) is 0 Å². The molecule has 1 N–H and O–H groups in total. The van der Waals surface area contributed by atoms with Gasteiger partial charge in [-0.2, -0.15) is 4.31 Å². The van der Waals surface area contributed by atoms with E-state index < -0.39 is 16.0 Å². The van der Waals surface area contributed by atoms with Gasteiger partial charge in [0, 0.05) is 12.1 Å². The van der Waals surface area contributed by atoms with Gasteiger partial charge in [-0.1, -0.05) is 6.92 Å². The lowest BCUT2D eigenvalue weighted by atomic mass is 10.2. The molecule has 5 nitrogen and oxygen atoms in total. The number of hydrogen-bond donors (Lipinski definition) is 1. The minimum atomic E-state index is -3.75. The first-order chi connectivity index (χ1) is 9.30. The number of nitrogens with zero attached hydrogens (tertiary/aromatic N) is 1. The SMILES string of the molecule is CCC1CCC(C)N1S(=O)(=O)c1c(C)csc1C(=O)O. The molecule has 0 aromatic carbocycles. The molecule has 2 unspecified atom stereocenters. The van der Waals surface area contributed by atoms with Gasteiger partial charge in [0.15, 0.2) is 0 Å². The number of aromatic carboxylic acids is 1. The summed E-state index contributed by atoms with van der Waals surface area (Å²) in [5.74, 6) is -1.18. The molecule has 0 radical (unpaired) electrons. The Bertz CT molecular complexity index is 620. The molecule has 2 heterocycles. The van der Waals surface area contributed by atoms with Gasteiger partial charge in [-0.3, -0.25) is 0 Å². The third-order valence-electron chi connectivity index (χ3n) is 3.83. The fraction of sp³-hybridized carbons (Fsp3) is 0.615. The maximum absolute atomic E-state index is 12.9. The van der Waals surface area contributed by atoms with E-state index in [1.807, 2.05) is 13.8 Å². The average molecular weight is 317 g/mol. The van der Waals surface area contributed by atoms with Crippen LogP contribution in [-0.4, -0.2) is 35.9 Å². The second kappa shape index (κ2) is 5.46. The van der Waals surface area contributed by atoms with Crippen molar-refractivity contribution in [3.8, 4) is 0 Å². The minimum absolute atomic E-state index is 0.0257. The Balaban J connectivity index is 2.56. The van der Waals surface area contributed by atoms with Crippen LogP contribution in [0.5, 0.6) is 0 Å². The fourth-order valence-corrected chi connectivity index (χ4v) is 6.41. The van der Waals surface area contributed by atoms with Crippen molar-refractivity contribution in [2.75, 3.05) is 0 Å². The molecule has 1 saturated heterocycles. The third kappa shape index (κ3) is 2.38. The van der Waals surface area contributed by atoms with Crippen molar-refractivity contribution in [2.45, 2.75) is 57.0 Å². The Morgan fingerprint density at radius 2 is 2.15 bits per heavy atom. The molecule has 112 valence electrons. The summed E-state index contributed by atoms with van der Waals surface area (Å²) < 4.78 is 27.3. The molecular weight excluding hydrogens is 298 g/mol. The number of thiophene rings is 1. The van der Waals surface area contributed by atoms with Crippen molar-refractivity contribution in [1.82, 2.24) is 4.31 Å². The van der Waals surface area contributed by atoms with Crippen molar-refractivity contribution >= 4 is 27.3 Å². The number of carboxylic acids is 1. The molecule has 0 saturated carbocycles. The molecule has 1 aromatic rings. The van der Waals surface area contributed by atoms with Crippen LogP contribution in [-0.2, 0) is 10.0 Å². The van der Waals surface area contributed by atoms with Gasteiger partial charge < -0.3 is 5.11 Å². The summed E-state index contributed by atoms with van der Waals surface area (Å²) in [5, 5.41) is 10.8. The molecule has 1 fully saturated rings. The first kappa shape index (κ1) is 15.5. The molecule has 0 amide bonds. The van der Waals surface area contributed by atoms with Gasteiger partial charge in [0.2, 0.25) is 10.0 Å². The summed E-state index contributed by atoms with van der Waals surface area (Å²) in [6.45, 7) is 5.50. The molecule has 0 aliphatic carbocycles. The lowest BCUT2D eigenvalue weighted by Gasteiger charge is -2.27. The highest BCUT2D eigenvalue weighted by molar-refractivity contribution is 7.89. The summed E-state index contributed by atoms with van der Waals surface area (Å²) in [6, 6.07) is -0.109. The van der Waals surface area contributed by atoms with Gasteiger partial charge in [0.1, 0.15) is 9.77 Å². The monoisotopic (exact) mass is 317 g/mol. The Hall–Kier alpha value is -0.920. The largest absolute Gasteiger partial charge is 0.477 e.